The Morgan fingerprint density at radius 1 is 0.957 bits per heavy atom. The normalized spacial score (nSPS) is 27.3. The highest BCUT2D eigenvalue weighted by Gasteiger charge is 2.56. The summed E-state index contributed by atoms with van der Waals surface area (Å²) in [5.41, 5.74) is 0.883. The summed E-state index contributed by atoms with van der Waals surface area (Å²) in [6, 6.07) is -0.828. The maximum atomic E-state index is 12.5. The minimum atomic E-state index is -0.680. The third kappa shape index (κ3) is 3.87. The van der Waals surface area contributed by atoms with E-state index in [0.29, 0.717) is 12.8 Å². The van der Waals surface area contributed by atoms with Crippen LogP contribution in [0.1, 0.15) is 54.4 Å². The van der Waals surface area contributed by atoms with E-state index in [2.05, 4.69) is 5.48 Å². The van der Waals surface area contributed by atoms with Crippen molar-refractivity contribution in [3.05, 3.63) is 0 Å². The van der Waals surface area contributed by atoms with Crippen LogP contribution in [0.15, 0.2) is 0 Å². The van der Waals surface area contributed by atoms with E-state index in [0.717, 1.165) is 0 Å². The zero-order valence-corrected chi connectivity index (χ0v) is 14.6. The molecule has 0 aromatic heterocycles. The van der Waals surface area contributed by atoms with Crippen molar-refractivity contribution in [1.82, 2.24) is 15.5 Å². The molecule has 0 radical (unpaired) electrons. The second kappa shape index (κ2) is 5.83. The molecule has 1 aliphatic carbocycles. The highest BCUT2D eigenvalue weighted by Crippen LogP contribution is 2.39. The molecule has 1 saturated carbocycles. The van der Waals surface area contributed by atoms with Crippen molar-refractivity contribution in [2.45, 2.75) is 83.7 Å². The Morgan fingerprint density at radius 2 is 1.43 bits per heavy atom. The van der Waals surface area contributed by atoms with Gasteiger partial charge in [0, 0.05) is 0 Å². The number of carbonyl (C=O) groups is 2. The summed E-state index contributed by atoms with van der Waals surface area (Å²) in [6.45, 7) is 10.6. The third-order valence-corrected chi connectivity index (χ3v) is 3.72. The number of rotatable bonds is 1. The van der Waals surface area contributed by atoms with Crippen LogP contribution in [0, 0.1) is 0 Å². The fourth-order valence-electron chi connectivity index (χ4n) is 3.01. The Bertz CT molecular complexity index is 482. The van der Waals surface area contributed by atoms with E-state index < -0.39 is 23.4 Å². The van der Waals surface area contributed by atoms with Crippen LogP contribution in [0.25, 0.3) is 0 Å². The molecule has 0 aromatic rings. The number of fused-ring (bicyclic) bond motifs is 2. The summed E-state index contributed by atoms with van der Waals surface area (Å²) >= 11 is 0. The standard InChI is InChI=1S/C15H27N3O5/c1-14(2,3)22-12(19)17-9-7-10(16-21)11(8-9)18(17)13(20)23-15(4,5)6/h9-11,16,21H,7-8H2,1-6H3/t9-,10-,11-/m1/s1. The Kier molecular flexibility index (Phi) is 4.51. The van der Waals surface area contributed by atoms with Crippen LogP contribution >= 0.6 is 0 Å². The van der Waals surface area contributed by atoms with Crippen LogP contribution in [0.4, 0.5) is 9.59 Å². The third-order valence-electron chi connectivity index (χ3n) is 3.72. The molecule has 1 saturated heterocycles. The van der Waals surface area contributed by atoms with E-state index in [1.54, 1.807) is 41.5 Å². The van der Waals surface area contributed by atoms with Crippen molar-refractivity contribution >= 4 is 12.2 Å². The van der Waals surface area contributed by atoms with E-state index >= 15 is 0 Å². The van der Waals surface area contributed by atoms with E-state index in [-0.39, 0.29) is 18.1 Å². The highest BCUT2D eigenvalue weighted by molar-refractivity contribution is 5.76. The van der Waals surface area contributed by atoms with Gasteiger partial charge in [-0.2, -0.15) is 0 Å². The Balaban J connectivity index is 2.22. The summed E-state index contributed by atoms with van der Waals surface area (Å²) < 4.78 is 10.8. The van der Waals surface area contributed by atoms with E-state index in [9.17, 15) is 14.8 Å². The molecule has 1 heterocycles. The summed E-state index contributed by atoms with van der Waals surface area (Å²) in [6.07, 6.45) is -0.0563. The predicted molar refractivity (Wildman–Crippen MR) is 81.7 cm³/mol. The largest absolute Gasteiger partial charge is 0.442 e. The van der Waals surface area contributed by atoms with E-state index in [1.807, 2.05) is 0 Å². The van der Waals surface area contributed by atoms with Crippen molar-refractivity contribution in [3.63, 3.8) is 0 Å². The van der Waals surface area contributed by atoms with Gasteiger partial charge < -0.3 is 14.7 Å². The van der Waals surface area contributed by atoms with E-state index in [1.165, 1.54) is 10.0 Å². The average molecular weight is 329 g/mol. The Morgan fingerprint density at radius 3 is 1.87 bits per heavy atom. The maximum absolute atomic E-state index is 12.5. The summed E-state index contributed by atoms with van der Waals surface area (Å²) in [4.78, 5) is 25.0. The smallest absolute Gasteiger partial charge is 0.429 e. The molecule has 0 spiro atoms. The van der Waals surface area contributed by atoms with Gasteiger partial charge in [-0.1, -0.05) is 0 Å². The zero-order valence-electron chi connectivity index (χ0n) is 14.6. The van der Waals surface area contributed by atoms with Crippen molar-refractivity contribution in [2.24, 2.45) is 0 Å². The monoisotopic (exact) mass is 329 g/mol. The molecule has 8 nitrogen and oxygen atoms in total. The van der Waals surface area contributed by atoms with Crippen molar-refractivity contribution in [1.29, 1.82) is 0 Å². The van der Waals surface area contributed by atoms with Gasteiger partial charge in [0.15, 0.2) is 0 Å². The molecule has 0 aromatic carbocycles. The lowest BCUT2D eigenvalue weighted by atomic mass is 10.1. The molecule has 23 heavy (non-hydrogen) atoms. The second-order valence-corrected chi connectivity index (χ2v) is 8.08. The van der Waals surface area contributed by atoms with Crippen molar-refractivity contribution in [2.75, 3.05) is 0 Å². The molecule has 132 valence electrons. The first-order valence-electron chi connectivity index (χ1n) is 7.87. The van der Waals surface area contributed by atoms with Crippen LogP contribution in [-0.4, -0.2) is 56.7 Å². The summed E-state index contributed by atoms with van der Waals surface area (Å²) in [5, 5.41) is 11.9. The molecule has 1 aliphatic heterocycles. The number of ether oxygens (including phenoxy) is 2. The Labute approximate surface area is 136 Å². The van der Waals surface area contributed by atoms with Gasteiger partial charge in [0.1, 0.15) is 11.2 Å². The molecule has 2 aliphatic rings. The fourth-order valence-corrected chi connectivity index (χ4v) is 3.01. The van der Waals surface area contributed by atoms with Gasteiger partial charge in [0.05, 0.1) is 18.1 Å². The first kappa shape index (κ1) is 17.8. The van der Waals surface area contributed by atoms with Crippen molar-refractivity contribution < 1.29 is 24.3 Å². The lowest BCUT2D eigenvalue weighted by Gasteiger charge is -2.41. The van der Waals surface area contributed by atoms with Gasteiger partial charge in [-0.25, -0.2) is 25.1 Å². The highest BCUT2D eigenvalue weighted by atomic mass is 16.6. The molecular weight excluding hydrogens is 302 g/mol. The van der Waals surface area contributed by atoms with Crippen LogP contribution in [0.2, 0.25) is 0 Å². The minimum Gasteiger partial charge on any atom is -0.442 e. The second-order valence-electron chi connectivity index (χ2n) is 8.08. The van der Waals surface area contributed by atoms with Gasteiger partial charge in [-0.3, -0.25) is 0 Å². The number of hydrogen-bond acceptors (Lipinski definition) is 6. The molecule has 2 bridgehead atoms. The number of nitrogens with zero attached hydrogens (tertiary/aromatic N) is 2. The molecular formula is C15H27N3O5. The molecule has 2 rings (SSSR count). The fraction of sp³-hybridized carbons (Fsp3) is 0.867. The number of amides is 2. The first-order chi connectivity index (χ1) is 10.4. The quantitative estimate of drug-likeness (QED) is 0.717. The molecule has 0 unspecified atom stereocenters. The molecule has 3 atom stereocenters. The Hall–Kier alpha value is -1.54. The number of hydrazine groups is 1. The lowest BCUT2D eigenvalue weighted by molar-refractivity contribution is -0.0889. The number of nitrogens with one attached hydrogen (secondary N) is 1. The lowest BCUT2D eigenvalue weighted by Crippen LogP contribution is -2.60. The van der Waals surface area contributed by atoms with Crippen LogP contribution in [0.3, 0.4) is 0 Å². The van der Waals surface area contributed by atoms with Gasteiger partial charge >= 0.3 is 12.2 Å². The summed E-state index contributed by atoms with van der Waals surface area (Å²) in [5.74, 6) is 0. The van der Waals surface area contributed by atoms with Crippen LogP contribution < -0.4 is 5.48 Å². The van der Waals surface area contributed by atoms with Gasteiger partial charge in [-0.05, 0) is 54.4 Å². The van der Waals surface area contributed by atoms with Gasteiger partial charge in [0.2, 0.25) is 0 Å². The first-order valence-corrected chi connectivity index (χ1v) is 7.87. The van der Waals surface area contributed by atoms with Crippen LogP contribution in [-0.2, 0) is 9.47 Å². The molecule has 8 heteroatoms. The molecule has 2 amide bonds. The van der Waals surface area contributed by atoms with Gasteiger partial charge in [0.25, 0.3) is 0 Å². The zero-order chi connectivity index (χ0) is 17.6. The summed E-state index contributed by atoms with van der Waals surface area (Å²) in [7, 11) is 0. The number of hydrogen-bond donors (Lipinski definition) is 2. The average Bonchev–Trinajstić information content (AvgIpc) is 2.90. The number of carbonyl (C=O) groups excluding carboxylic acids is 2. The molecule has 2 N–H and O–H groups in total. The van der Waals surface area contributed by atoms with Crippen molar-refractivity contribution in [3.8, 4) is 0 Å². The topological polar surface area (TPSA) is 91.3 Å². The minimum absolute atomic E-state index is 0.202. The SMILES string of the molecule is CC(C)(C)OC(=O)N1[C@H]2C[C@H]([C@H](NO)C2)N1C(=O)OC(C)(C)C. The maximum Gasteiger partial charge on any atom is 0.429 e. The predicted octanol–water partition coefficient (Wildman–Crippen LogP) is 2.27. The van der Waals surface area contributed by atoms with Gasteiger partial charge in [-0.15, -0.1) is 0 Å². The molecule has 2 fully saturated rings. The van der Waals surface area contributed by atoms with E-state index in [4.69, 9.17) is 9.47 Å². The number of hydroxylamine groups is 1. The van der Waals surface area contributed by atoms with Crippen LogP contribution in [0.5, 0.6) is 0 Å².